The van der Waals surface area contributed by atoms with Gasteiger partial charge < -0.3 is 10.3 Å². The van der Waals surface area contributed by atoms with Gasteiger partial charge in [-0.3, -0.25) is 4.79 Å². The van der Waals surface area contributed by atoms with E-state index >= 15 is 0 Å². The lowest BCUT2D eigenvalue weighted by atomic mass is 10.2. The molecule has 2 aromatic rings. The minimum absolute atomic E-state index is 0.0230. The first kappa shape index (κ1) is 12.3. The molecule has 0 aliphatic rings. The second-order valence-corrected chi connectivity index (χ2v) is 5.36. The molecule has 0 saturated carbocycles. The minimum Gasteiger partial charge on any atom is -0.310 e. The summed E-state index contributed by atoms with van der Waals surface area (Å²) in [5.41, 5.74) is 1.02. The number of thiophene rings is 1. The first-order chi connectivity index (χ1) is 8.13. The van der Waals surface area contributed by atoms with E-state index in [4.69, 9.17) is 0 Å². The molecule has 2 heterocycles. The van der Waals surface area contributed by atoms with Gasteiger partial charge in [-0.25, -0.2) is 4.98 Å². The van der Waals surface area contributed by atoms with Crippen molar-refractivity contribution in [1.29, 1.82) is 0 Å². The maximum atomic E-state index is 11.9. The van der Waals surface area contributed by atoms with Gasteiger partial charge in [-0.2, -0.15) is 0 Å². The van der Waals surface area contributed by atoms with Gasteiger partial charge in [0, 0.05) is 4.88 Å². The number of nitrogens with zero attached hydrogens (tertiary/aromatic N) is 1. The van der Waals surface area contributed by atoms with Crippen molar-refractivity contribution in [2.24, 2.45) is 0 Å². The van der Waals surface area contributed by atoms with Crippen molar-refractivity contribution in [3.05, 3.63) is 26.6 Å². The third kappa shape index (κ3) is 2.40. The number of hydrogen-bond acceptors (Lipinski definition) is 4. The van der Waals surface area contributed by atoms with Crippen LogP contribution in [-0.4, -0.2) is 16.5 Å². The van der Waals surface area contributed by atoms with Gasteiger partial charge in [-0.1, -0.05) is 6.92 Å². The first-order valence-electron chi connectivity index (χ1n) is 5.83. The van der Waals surface area contributed by atoms with E-state index in [1.54, 1.807) is 11.3 Å². The predicted octanol–water partition coefficient (Wildman–Crippen LogP) is 2.10. The lowest BCUT2D eigenvalue weighted by molar-refractivity contribution is 0.651. The van der Waals surface area contributed by atoms with Crippen molar-refractivity contribution >= 4 is 21.6 Å². The van der Waals surface area contributed by atoms with Crippen molar-refractivity contribution in [3.8, 4) is 0 Å². The second kappa shape index (κ2) is 4.98. The normalized spacial score (nSPS) is 11.2. The van der Waals surface area contributed by atoms with Crippen LogP contribution in [0.3, 0.4) is 0 Å². The molecule has 0 amide bonds. The molecule has 0 aliphatic heterocycles. The fourth-order valence-electron chi connectivity index (χ4n) is 1.77. The van der Waals surface area contributed by atoms with Gasteiger partial charge in [-0.15, -0.1) is 11.3 Å². The second-order valence-electron chi connectivity index (χ2n) is 4.15. The van der Waals surface area contributed by atoms with Crippen molar-refractivity contribution in [2.75, 3.05) is 6.54 Å². The zero-order valence-corrected chi connectivity index (χ0v) is 11.2. The Balaban J connectivity index is 2.39. The molecule has 0 atom stereocenters. The molecule has 2 aromatic heterocycles. The fraction of sp³-hybridized carbons (Fsp3) is 0.500. The molecule has 2 N–H and O–H groups in total. The molecule has 0 unspecified atom stereocenters. The van der Waals surface area contributed by atoms with Crippen LogP contribution in [0.15, 0.2) is 4.79 Å². The summed E-state index contributed by atoms with van der Waals surface area (Å²) in [5, 5.41) is 3.98. The quantitative estimate of drug-likeness (QED) is 0.818. The van der Waals surface area contributed by atoms with E-state index in [-0.39, 0.29) is 5.56 Å². The predicted molar refractivity (Wildman–Crippen MR) is 71.7 cm³/mol. The third-order valence-electron chi connectivity index (χ3n) is 2.81. The maximum Gasteiger partial charge on any atom is 0.259 e. The van der Waals surface area contributed by atoms with Gasteiger partial charge in [0.05, 0.1) is 11.9 Å². The number of nitrogens with one attached hydrogen (secondary N) is 2. The Kier molecular flexibility index (Phi) is 3.59. The summed E-state index contributed by atoms with van der Waals surface area (Å²) in [5.74, 6) is 0.720. The zero-order valence-electron chi connectivity index (χ0n) is 10.4. The number of hydrogen-bond donors (Lipinski definition) is 2. The molecule has 2 rings (SSSR count). The molecule has 0 radical (unpaired) electrons. The van der Waals surface area contributed by atoms with E-state index in [1.807, 2.05) is 13.8 Å². The highest BCUT2D eigenvalue weighted by atomic mass is 32.1. The van der Waals surface area contributed by atoms with Crippen LogP contribution < -0.4 is 10.9 Å². The average Bonchev–Trinajstić information content (AvgIpc) is 2.55. The van der Waals surface area contributed by atoms with Gasteiger partial charge >= 0.3 is 0 Å². The van der Waals surface area contributed by atoms with Crippen molar-refractivity contribution in [1.82, 2.24) is 15.3 Å². The smallest absolute Gasteiger partial charge is 0.259 e. The average molecular weight is 251 g/mol. The molecular formula is C12H17N3OS. The van der Waals surface area contributed by atoms with Gasteiger partial charge in [0.15, 0.2) is 0 Å². The molecule has 92 valence electrons. The number of aryl methyl sites for hydroxylation is 2. The van der Waals surface area contributed by atoms with E-state index in [9.17, 15) is 4.79 Å². The van der Waals surface area contributed by atoms with Crippen LogP contribution >= 0.6 is 11.3 Å². The lowest BCUT2D eigenvalue weighted by Crippen LogP contribution is -2.19. The minimum atomic E-state index is -0.0230. The molecule has 17 heavy (non-hydrogen) atoms. The largest absolute Gasteiger partial charge is 0.310 e. The Morgan fingerprint density at radius 1 is 1.41 bits per heavy atom. The summed E-state index contributed by atoms with van der Waals surface area (Å²) in [6.07, 6.45) is 1.07. The van der Waals surface area contributed by atoms with Crippen LogP contribution in [0.4, 0.5) is 0 Å². The van der Waals surface area contributed by atoms with Gasteiger partial charge in [0.25, 0.3) is 5.56 Å². The number of fused-ring (bicyclic) bond motifs is 1. The molecule has 0 saturated heterocycles. The summed E-state index contributed by atoms with van der Waals surface area (Å²) in [4.78, 5) is 21.3. The highest BCUT2D eigenvalue weighted by Crippen LogP contribution is 2.25. The number of H-pyrrole nitrogens is 1. The summed E-state index contributed by atoms with van der Waals surface area (Å²) >= 11 is 1.59. The number of rotatable bonds is 4. The van der Waals surface area contributed by atoms with Crippen LogP contribution in [0, 0.1) is 13.8 Å². The topological polar surface area (TPSA) is 57.8 Å². The van der Waals surface area contributed by atoms with E-state index in [2.05, 4.69) is 22.2 Å². The molecule has 5 heteroatoms. The molecule has 0 fully saturated rings. The zero-order chi connectivity index (χ0) is 12.4. The lowest BCUT2D eigenvalue weighted by Gasteiger charge is -2.02. The molecule has 0 spiro atoms. The monoisotopic (exact) mass is 251 g/mol. The van der Waals surface area contributed by atoms with Gasteiger partial charge in [0.1, 0.15) is 10.7 Å². The standard InChI is InChI=1S/C12H17N3OS/c1-4-5-13-6-9-14-11(16)10-7(2)8(3)17-12(10)15-9/h13H,4-6H2,1-3H3,(H,14,15,16). The highest BCUT2D eigenvalue weighted by molar-refractivity contribution is 7.18. The maximum absolute atomic E-state index is 11.9. The molecule has 0 bridgehead atoms. The fourth-order valence-corrected chi connectivity index (χ4v) is 2.82. The van der Waals surface area contributed by atoms with Crippen LogP contribution in [-0.2, 0) is 6.54 Å². The third-order valence-corrected chi connectivity index (χ3v) is 3.91. The van der Waals surface area contributed by atoms with Crippen LogP contribution in [0.5, 0.6) is 0 Å². The van der Waals surface area contributed by atoms with E-state index in [1.165, 1.54) is 0 Å². The van der Waals surface area contributed by atoms with Gasteiger partial charge in [-0.05, 0) is 32.4 Å². The Labute approximate surface area is 104 Å². The molecule has 0 aromatic carbocycles. The molecule has 4 nitrogen and oxygen atoms in total. The van der Waals surface area contributed by atoms with Crippen LogP contribution in [0.1, 0.15) is 29.6 Å². The molecular weight excluding hydrogens is 234 g/mol. The SMILES string of the molecule is CCCNCc1nc2sc(C)c(C)c2c(=O)[nH]1. The van der Waals surface area contributed by atoms with Crippen LogP contribution in [0.2, 0.25) is 0 Å². The van der Waals surface area contributed by atoms with Crippen molar-refractivity contribution in [2.45, 2.75) is 33.7 Å². The Morgan fingerprint density at radius 3 is 2.88 bits per heavy atom. The number of aromatic amines is 1. The van der Waals surface area contributed by atoms with Crippen molar-refractivity contribution in [3.63, 3.8) is 0 Å². The summed E-state index contributed by atoms with van der Waals surface area (Å²) in [7, 11) is 0. The highest BCUT2D eigenvalue weighted by Gasteiger charge is 2.11. The van der Waals surface area contributed by atoms with Crippen LogP contribution in [0.25, 0.3) is 10.2 Å². The van der Waals surface area contributed by atoms with E-state index in [0.29, 0.717) is 6.54 Å². The summed E-state index contributed by atoms with van der Waals surface area (Å²) in [6, 6.07) is 0. The van der Waals surface area contributed by atoms with Crippen molar-refractivity contribution < 1.29 is 0 Å². The van der Waals surface area contributed by atoms with Gasteiger partial charge in [0.2, 0.25) is 0 Å². The van der Waals surface area contributed by atoms with E-state index in [0.717, 1.165) is 39.4 Å². The molecule has 0 aliphatic carbocycles. The summed E-state index contributed by atoms with van der Waals surface area (Å²) < 4.78 is 0. The Bertz CT molecular complexity index is 585. The van der Waals surface area contributed by atoms with E-state index < -0.39 is 0 Å². The Morgan fingerprint density at radius 2 is 2.18 bits per heavy atom. The first-order valence-corrected chi connectivity index (χ1v) is 6.64. The Hall–Kier alpha value is -1.20. The number of aromatic nitrogens is 2. The summed E-state index contributed by atoms with van der Waals surface area (Å²) in [6.45, 7) is 7.66.